The van der Waals surface area contributed by atoms with E-state index in [1.54, 1.807) is 24.3 Å². The molecule has 1 N–H and O–H groups in total. The number of carbonyl (C=O) groups excluding carboxylic acids is 1. The van der Waals surface area contributed by atoms with Gasteiger partial charge in [0.15, 0.2) is 0 Å². The Hall–Kier alpha value is -2.48. The zero-order chi connectivity index (χ0) is 18.0. The molecule has 0 saturated heterocycles. The van der Waals surface area contributed by atoms with E-state index in [1.807, 2.05) is 4.72 Å². The highest BCUT2D eigenvalue weighted by Crippen LogP contribution is 2.27. The fourth-order valence-corrected chi connectivity index (χ4v) is 3.83. The molecule has 0 spiro atoms. The first-order valence-corrected chi connectivity index (χ1v) is 9.19. The normalized spacial score (nSPS) is 16.6. The van der Waals surface area contributed by atoms with E-state index in [2.05, 4.69) is 0 Å². The number of carbonyl (C=O) groups is 1. The van der Waals surface area contributed by atoms with Gasteiger partial charge >= 0.3 is 0 Å². The summed E-state index contributed by atoms with van der Waals surface area (Å²) in [4.78, 5) is 12.2. The van der Waals surface area contributed by atoms with E-state index < -0.39 is 44.8 Å². The largest absolute Gasteiger partial charge is 0.492 e. The van der Waals surface area contributed by atoms with Crippen LogP contribution in [0.15, 0.2) is 42.5 Å². The molecule has 2 aromatic carbocycles. The molecule has 132 valence electrons. The molecular formula is C17H15F2NO4S. The molecule has 2 aromatic rings. The highest BCUT2D eigenvalue weighted by molar-refractivity contribution is 7.89. The average molecular weight is 367 g/mol. The monoisotopic (exact) mass is 367 g/mol. The maximum Gasteiger partial charge on any atom is 0.240 e. The van der Waals surface area contributed by atoms with Crippen molar-refractivity contribution in [3.63, 3.8) is 0 Å². The van der Waals surface area contributed by atoms with E-state index in [0.717, 1.165) is 23.8 Å². The van der Waals surface area contributed by atoms with Gasteiger partial charge in [-0.3, -0.25) is 9.52 Å². The maximum atomic E-state index is 13.6. The zero-order valence-corrected chi connectivity index (χ0v) is 13.9. The van der Waals surface area contributed by atoms with E-state index in [1.165, 1.54) is 0 Å². The summed E-state index contributed by atoms with van der Waals surface area (Å²) in [6.07, 6.45) is 0.325. The second kappa shape index (κ2) is 6.79. The van der Waals surface area contributed by atoms with Crippen molar-refractivity contribution in [2.24, 2.45) is 5.92 Å². The van der Waals surface area contributed by atoms with Crippen LogP contribution in [0.1, 0.15) is 11.1 Å². The van der Waals surface area contributed by atoms with Crippen molar-refractivity contribution in [2.75, 3.05) is 6.61 Å². The quantitative estimate of drug-likeness (QED) is 0.899. The third kappa shape index (κ3) is 3.96. The van der Waals surface area contributed by atoms with E-state index in [9.17, 15) is 22.0 Å². The first kappa shape index (κ1) is 17.3. The molecule has 0 saturated carbocycles. The smallest absolute Gasteiger partial charge is 0.240 e. The molecule has 3 rings (SSSR count). The van der Waals surface area contributed by atoms with Crippen LogP contribution in [-0.2, 0) is 27.0 Å². The van der Waals surface area contributed by atoms with Gasteiger partial charge in [0.1, 0.15) is 29.7 Å². The number of hydrogen-bond acceptors (Lipinski definition) is 4. The van der Waals surface area contributed by atoms with Gasteiger partial charge in [-0.25, -0.2) is 17.2 Å². The van der Waals surface area contributed by atoms with Crippen LogP contribution in [0.5, 0.6) is 5.75 Å². The summed E-state index contributed by atoms with van der Waals surface area (Å²) >= 11 is 0. The Labute approximate surface area is 143 Å². The van der Waals surface area contributed by atoms with Crippen molar-refractivity contribution in [3.05, 3.63) is 65.2 Å². The molecule has 0 radical (unpaired) electrons. The third-order valence-electron chi connectivity index (χ3n) is 3.90. The molecule has 8 heteroatoms. The van der Waals surface area contributed by atoms with Crippen LogP contribution in [0.4, 0.5) is 8.78 Å². The lowest BCUT2D eigenvalue weighted by Crippen LogP contribution is -2.41. The molecule has 1 heterocycles. The Morgan fingerprint density at radius 2 is 1.80 bits per heavy atom. The Balaban J connectivity index is 1.70. The number of para-hydroxylation sites is 1. The van der Waals surface area contributed by atoms with Crippen LogP contribution in [-0.4, -0.2) is 20.9 Å². The first-order valence-electron chi connectivity index (χ1n) is 7.53. The highest BCUT2D eigenvalue weighted by Gasteiger charge is 2.29. The van der Waals surface area contributed by atoms with E-state index in [-0.39, 0.29) is 6.61 Å². The fourth-order valence-electron chi connectivity index (χ4n) is 2.63. The van der Waals surface area contributed by atoms with Gasteiger partial charge in [0, 0.05) is 5.56 Å². The summed E-state index contributed by atoms with van der Waals surface area (Å²) in [5.41, 5.74) is 0.194. The minimum atomic E-state index is -4.24. The van der Waals surface area contributed by atoms with E-state index >= 15 is 0 Å². The Kier molecular flexibility index (Phi) is 4.71. The summed E-state index contributed by atoms with van der Waals surface area (Å²) in [5, 5.41) is 0. The summed E-state index contributed by atoms with van der Waals surface area (Å²) in [6.45, 7) is 0.0342. The predicted octanol–water partition coefficient (Wildman–Crippen LogP) is 2.16. The van der Waals surface area contributed by atoms with E-state index in [0.29, 0.717) is 12.2 Å². The number of benzene rings is 2. The van der Waals surface area contributed by atoms with Crippen LogP contribution in [0.2, 0.25) is 0 Å². The van der Waals surface area contributed by atoms with Crippen molar-refractivity contribution in [3.8, 4) is 5.75 Å². The zero-order valence-electron chi connectivity index (χ0n) is 13.0. The minimum absolute atomic E-state index is 0.0342. The summed E-state index contributed by atoms with van der Waals surface area (Å²) < 4.78 is 58.7. The molecule has 1 atom stereocenters. The van der Waals surface area contributed by atoms with Crippen molar-refractivity contribution in [1.29, 1.82) is 0 Å². The maximum absolute atomic E-state index is 13.6. The van der Waals surface area contributed by atoms with Gasteiger partial charge in [0.25, 0.3) is 0 Å². The van der Waals surface area contributed by atoms with Crippen molar-refractivity contribution >= 4 is 15.9 Å². The molecule has 0 fully saturated rings. The number of hydrogen-bond donors (Lipinski definition) is 1. The Morgan fingerprint density at radius 1 is 1.12 bits per heavy atom. The number of ether oxygens (including phenoxy) is 1. The number of halogens is 2. The molecule has 1 aliphatic rings. The Bertz CT molecular complexity index is 894. The molecule has 0 aromatic heterocycles. The molecule has 0 bridgehead atoms. The molecular weight excluding hydrogens is 352 g/mol. The van der Waals surface area contributed by atoms with E-state index in [4.69, 9.17) is 4.74 Å². The molecule has 5 nitrogen and oxygen atoms in total. The second-order valence-electron chi connectivity index (χ2n) is 5.75. The molecule has 25 heavy (non-hydrogen) atoms. The average Bonchev–Trinajstić information content (AvgIpc) is 2.57. The number of fused-ring (bicyclic) bond motifs is 1. The van der Waals surface area contributed by atoms with Crippen molar-refractivity contribution < 1.29 is 26.7 Å². The van der Waals surface area contributed by atoms with Crippen molar-refractivity contribution in [2.45, 2.75) is 12.2 Å². The lowest BCUT2D eigenvalue weighted by molar-refractivity contribution is -0.124. The Morgan fingerprint density at radius 3 is 2.52 bits per heavy atom. The second-order valence-corrected chi connectivity index (χ2v) is 7.47. The molecule has 1 unspecified atom stereocenters. The summed E-state index contributed by atoms with van der Waals surface area (Å²) in [5.74, 6) is -3.72. The van der Waals surface area contributed by atoms with Gasteiger partial charge in [-0.1, -0.05) is 24.3 Å². The van der Waals surface area contributed by atoms with Gasteiger partial charge in [0.05, 0.1) is 5.92 Å². The fraction of sp³-hybridized carbons (Fsp3) is 0.235. The van der Waals surface area contributed by atoms with Crippen LogP contribution < -0.4 is 9.46 Å². The standard InChI is InChI=1S/C17H15F2NO4S/c18-14-5-3-6-15(19)13(14)10-25(22,23)20-17(21)12-8-11-4-1-2-7-16(11)24-9-12/h1-7,12H,8-10H2,(H,20,21). The van der Waals surface area contributed by atoms with Gasteiger partial charge in [-0.05, 0) is 30.2 Å². The van der Waals surface area contributed by atoms with Crippen LogP contribution >= 0.6 is 0 Å². The number of sulfonamides is 1. The number of nitrogens with one attached hydrogen (secondary N) is 1. The van der Waals surface area contributed by atoms with Crippen molar-refractivity contribution in [1.82, 2.24) is 4.72 Å². The predicted molar refractivity (Wildman–Crippen MR) is 86.3 cm³/mol. The topological polar surface area (TPSA) is 72.5 Å². The highest BCUT2D eigenvalue weighted by atomic mass is 32.2. The van der Waals surface area contributed by atoms with Crippen LogP contribution in [0, 0.1) is 17.6 Å². The minimum Gasteiger partial charge on any atom is -0.492 e. The summed E-state index contributed by atoms with van der Waals surface area (Å²) in [7, 11) is -4.24. The lowest BCUT2D eigenvalue weighted by atomic mass is 9.96. The van der Waals surface area contributed by atoms with Gasteiger partial charge in [-0.15, -0.1) is 0 Å². The number of amides is 1. The van der Waals surface area contributed by atoms with Crippen LogP contribution in [0.3, 0.4) is 0 Å². The van der Waals surface area contributed by atoms with Gasteiger partial charge in [0.2, 0.25) is 15.9 Å². The molecule has 1 aliphatic heterocycles. The first-order chi connectivity index (χ1) is 11.9. The van der Waals surface area contributed by atoms with Crippen LogP contribution in [0.25, 0.3) is 0 Å². The number of rotatable bonds is 4. The summed E-state index contributed by atoms with van der Waals surface area (Å²) in [6, 6.07) is 10.2. The van der Waals surface area contributed by atoms with Gasteiger partial charge in [-0.2, -0.15) is 0 Å². The van der Waals surface area contributed by atoms with Gasteiger partial charge < -0.3 is 4.74 Å². The third-order valence-corrected chi connectivity index (χ3v) is 5.08. The lowest BCUT2D eigenvalue weighted by Gasteiger charge is -2.24. The SMILES string of the molecule is O=C(NS(=O)(=O)Cc1c(F)cccc1F)C1COc2ccccc2C1. The molecule has 0 aliphatic carbocycles. The molecule has 1 amide bonds.